The summed E-state index contributed by atoms with van der Waals surface area (Å²) in [5.74, 6) is 0.138. The van der Waals surface area contributed by atoms with Crippen molar-refractivity contribution >= 4 is 10.0 Å². The van der Waals surface area contributed by atoms with Crippen molar-refractivity contribution < 1.29 is 13.5 Å². The van der Waals surface area contributed by atoms with Crippen LogP contribution in [0.15, 0.2) is 0 Å². The molecule has 0 spiro atoms. The van der Waals surface area contributed by atoms with Crippen LogP contribution in [0.3, 0.4) is 0 Å². The van der Waals surface area contributed by atoms with Gasteiger partial charge in [-0.3, -0.25) is 0 Å². The van der Waals surface area contributed by atoms with E-state index < -0.39 is 15.6 Å². The second-order valence-electron chi connectivity index (χ2n) is 5.97. The van der Waals surface area contributed by atoms with Crippen LogP contribution < -0.4 is 5.32 Å². The first-order valence-corrected chi connectivity index (χ1v) is 8.76. The van der Waals surface area contributed by atoms with Gasteiger partial charge in [-0.1, -0.05) is 26.7 Å². The Labute approximate surface area is 117 Å². The quantitative estimate of drug-likeness (QED) is 0.653. The first kappa shape index (κ1) is 16.9. The minimum Gasteiger partial charge on any atom is -0.389 e. The van der Waals surface area contributed by atoms with E-state index in [1.165, 1.54) is 4.31 Å². The monoisotopic (exact) mass is 292 g/mol. The van der Waals surface area contributed by atoms with Gasteiger partial charge in [0.25, 0.3) is 0 Å². The second-order valence-corrected chi connectivity index (χ2v) is 8.16. The Morgan fingerprint density at radius 1 is 1.32 bits per heavy atom. The number of likely N-dealkylation sites (N-methyl/N-ethyl adjacent to an activating group) is 1. The van der Waals surface area contributed by atoms with Gasteiger partial charge in [-0.15, -0.1) is 0 Å². The summed E-state index contributed by atoms with van der Waals surface area (Å²) in [4.78, 5) is 0. The van der Waals surface area contributed by atoms with E-state index in [9.17, 15) is 13.5 Å². The smallest absolute Gasteiger partial charge is 0.213 e. The third kappa shape index (κ3) is 5.77. The van der Waals surface area contributed by atoms with Crippen molar-refractivity contribution in [2.75, 3.05) is 25.9 Å². The number of hydrogen-bond acceptors (Lipinski definition) is 4. The fourth-order valence-corrected chi connectivity index (χ4v) is 3.76. The molecule has 0 aromatic rings. The first-order chi connectivity index (χ1) is 8.75. The van der Waals surface area contributed by atoms with Crippen molar-refractivity contribution in [3.8, 4) is 0 Å². The summed E-state index contributed by atoms with van der Waals surface area (Å²) in [6.45, 7) is 5.01. The van der Waals surface area contributed by atoms with Gasteiger partial charge < -0.3 is 10.4 Å². The summed E-state index contributed by atoms with van der Waals surface area (Å²) in [5.41, 5.74) is -0.808. The first-order valence-electron chi connectivity index (χ1n) is 7.15. The van der Waals surface area contributed by atoms with Gasteiger partial charge in [0.15, 0.2) is 0 Å². The molecule has 0 saturated heterocycles. The van der Waals surface area contributed by atoms with Gasteiger partial charge >= 0.3 is 0 Å². The Morgan fingerprint density at radius 3 is 2.42 bits per heavy atom. The van der Waals surface area contributed by atoms with Crippen LogP contribution in [0.2, 0.25) is 0 Å². The van der Waals surface area contributed by atoms with E-state index in [1.54, 1.807) is 7.05 Å². The summed E-state index contributed by atoms with van der Waals surface area (Å²) in [6.07, 6.45) is 4.00. The summed E-state index contributed by atoms with van der Waals surface area (Å²) in [7, 11) is -1.68. The lowest BCUT2D eigenvalue weighted by atomic mass is 10.0. The molecule has 0 atom stereocenters. The van der Waals surface area contributed by atoms with Crippen LogP contribution >= 0.6 is 0 Å². The third-order valence-electron chi connectivity index (χ3n) is 3.66. The molecule has 1 fully saturated rings. The SMILES string of the molecule is CC(C)NCCCS(=O)(=O)N(C)CC1(O)CCCC1. The van der Waals surface area contributed by atoms with Crippen LogP contribution in [-0.4, -0.2) is 55.4 Å². The van der Waals surface area contributed by atoms with Gasteiger partial charge in [0.2, 0.25) is 10.0 Å². The van der Waals surface area contributed by atoms with Gasteiger partial charge in [-0.05, 0) is 25.8 Å². The van der Waals surface area contributed by atoms with E-state index in [0.717, 1.165) is 12.8 Å². The van der Waals surface area contributed by atoms with Gasteiger partial charge in [0.1, 0.15) is 0 Å². The molecule has 0 unspecified atom stereocenters. The Balaban J connectivity index is 2.38. The van der Waals surface area contributed by atoms with Crippen LogP contribution in [0.1, 0.15) is 46.0 Å². The molecule has 0 aromatic carbocycles. The summed E-state index contributed by atoms with van der Waals surface area (Å²) in [6, 6.07) is 0.375. The summed E-state index contributed by atoms with van der Waals surface area (Å²) in [5, 5.41) is 13.5. The zero-order valence-corrected chi connectivity index (χ0v) is 13.2. The molecule has 1 aliphatic carbocycles. The zero-order valence-electron chi connectivity index (χ0n) is 12.4. The van der Waals surface area contributed by atoms with Crippen LogP contribution in [0.4, 0.5) is 0 Å². The van der Waals surface area contributed by atoms with E-state index >= 15 is 0 Å². The highest BCUT2D eigenvalue weighted by Crippen LogP contribution is 2.30. The number of rotatable bonds is 8. The minimum absolute atomic E-state index is 0.138. The van der Waals surface area contributed by atoms with Crippen molar-refractivity contribution in [3.63, 3.8) is 0 Å². The highest BCUT2D eigenvalue weighted by Gasteiger charge is 2.35. The van der Waals surface area contributed by atoms with Gasteiger partial charge in [0, 0.05) is 19.6 Å². The average molecular weight is 292 g/mol. The lowest BCUT2D eigenvalue weighted by Gasteiger charge is -2.28. The Morgan fingerprint density at radius 2 is 1.89 bits per heavy atom. The molecule has 1 aliphatic rings. The van der Waals surface area contributed by atoms with Crippen LogP contribution in [0, 0.1) is 0 Å². The number of nitrogens with zero attached hydrogens (tertiary/aromatic N) is 1. The van der Waals surface area contributed by atoms with E-state index in [1.807, 2.05) is 13.8 Å². The van der Waals surface area contributed by atoms with Crippen molar-refractivity contribution in [3.05, 3.63) is 0 Å². The highest BCUT2D eigenvalue weighted by atomic mass is 32.2. The van der Waals surface area contributed by atoms with Crippen LogP contribution in [0.5, 0.6) is 0 Å². The van der Waals surface area contributed by atoms with Crippen molar-refractivity contribution in [1.29, 1.82) is 0 Å². The molecule has 0 aromatic heterocycles. The van der Waals surface area contributed by atoms with Gasteiger partial charge in [0.05, 0.1) is 11.4 Å². The topological polar surface area (TPSA) is 69.6 Å². The normalized spacial score (nSPS) is 19.5. The number of aliphatic hydroxyl groups is 1. The molecule has 6 heteroatoms. The molecule has 19 heavy (non-hydrogen) atoms. The number of sulfonamides is 1. The van der Waals surface area contributed by atoms with E-state index in [-0.39, 0.29) is 12.3 Å². The summed E-state index contributed by atoms with van der Waals surface area (Å²) >= 11 is 0. The molecular formula is C13H28N2O3S. The maximum Gasteiger partial charge on any atom is 0.213 e. The molecule has 2 N–H and O–H groups in total. The van der Waals surface area contributed by atoms with E-state index in [0.29, 0.717) is 31.8 Å². The van der Waals surface area contributed by atoms with Crippen LogP contribution in [0.25, 0.3) is 0 Å². The lowest BCUT2D eigenvalue weighted by molar-refractivity contribution is 0.0333. The Hall–Kier alpha value is -0.170. The van der Waals surface area contributed by atoms with E-state index in [4.69, 9.17) is 0 Å². The molecule has 114 valence electrons. The lowest BCUT2D eigenvalue weighted by Crippen LogP contribution is -2.43. The van der Waals surface area contributed by atoms with Crippen LogP contribution in [-0.2, 0) is 10.0 Å². The Kier molecular flexibility index (Phi) is 6.23. The van der Waals surface area contributed by atoms with Crippen molar-refractivity contribution in [2.24, 2.45) is 0 Å². The molecule has 0 radical (unpaired) electrons. The molecular weight excluding hydrogens is 264 g/mol. The van der Waals surface area contributed by atoms with Crippen molar-refractivity contribution in [2.45, 2.75) is 57.6 Å². The molecule has 0 heterocycles. The molecule has 1 rings (SSSR count). The molecule has 5 nitrogen and oxygen atoms in total. The third-order valence-corrected chi connectivity index (χ3v) is 5.54. The number of hydrogen-bond donors (Lipinski definition) is 2. The molecule has 0 amide bonds. The maximum atomic E-state index is 12.1. The molecule has 0 aliphatic heterocycles. The minimum atomic E-state index is -3.25. The summed E-state index contributed by atoms with van der Waals surface area (Å²) < 4.78 is 25.5. The molecule has 1 saturated carbocycles. The van der Waals surface area contributed by atoms with Gasteiger partial charge in [-0.25, -0.2) is 12.7 Å². The fraction of sp³-hybridized carbons (Fsp3) is 1.00. The Bertz CT molecular complexity index is 362. The second kappa shape index (κ2) is 7.02. The predicted molar refractivity (Wildman–Crippen MR) is 77.6 cm³/mol. The standard InChI is InChI=1S/C13H28N2O3S/c1-12(2)14-9-6-10-19(17,18)15(3)11-13(16)7-4-5-8-13/h12,14,16H,4-11H2,1-3H3. The van der Waals surface area contributed by atoms with E-state index in [2.05, 4.69) is 5.32 Å². The van der Waals surface area contributed by atoms with Gasteiger partial charge in [-0.2, -0.15) is 0 Å². The predicted octanol–water partition coefficient (Wildman–Crippen LogP) is 0.941. The molecule has 0 bridgehead atoms. The number of nitrogens with one attached hydrogen (secondary N) is 1. The highest BCUT2D eigenvalue weighted by molar-refractivity contribution is 7.89. The maximum absolute atomic E-state index is 12.1. The fourth-order valence-electron chi connectivity index (χ4n) is 2.51. The van der Waals surface area contributed by atoms with Crippen molar-refractivity contribution in [1.82, 2.24) is 9.62 Å². The zero-order chi connectivity index (χ0) is 14.5. The average Bonchev–Trinajstić information content (AvgIpc) is 2.71. The largest absolute Gasteiger partial charge is 0.389 e.